The number of fused-ring (bicyclic) bond motifs is 1. The van der Waals surface area contributed by atoms with Gasteiger partial charge in [-0.05, 0) is 24.3 Å². The molecule has 0 atom stereocenters. The first-order valence-corrected chi connectivity index (χ1v) is 8.20. The average molecular weight is 411 g/mol. The Hall–Kier alpha value is -3.63. The number of carbonyl (C=O) groups is 2. The topological polar surface area (TPSA) is 115 Å². The predicted molar refractivity (Wildman–Crippen MR) is 94.1 cm³/mol. The van der Waals surface area contributed by atoms with Gasteiger partial charge in [0.15, 0.2) is 5.58 Å². The lowest BCUT2D eigenvalue weighted by Gasteiger charge is -2.06. The van der Waals surface area contributed by atoms with Gasteiger partial charge in [-0.25, -0.2) is 9.78 Å². The molecule has 1 amide bonds. The van der Waals surface area contributed by atoms with Crippen LogP contribution in [0.5, 0.6) is 5.75 Å². The third-order valence-electron chi connectivity index (χ3n) is 3.22. The summed E-state index contributed by atoms with van der Waals surface area (Å²) in [5.74, 6) is -1.82. The van der Waals surface area contributed by atoms with Gasteiger partial charge in [0.1, 0.15) is 24.3 Å². The van der Waals surface area contributed by atoms with Gasteiger partial charge < -0.3 is 19.6 Å². The lowest BCUT2D eigenvalue weighted by molar-refractivity contribution is -0.192. The van der Waals surface area contributed by atoms with E-state index in [1.807, 2.05) is 30.3 Å². The minimum atomic E-state index is -5.08. The molecule has 3 rings (SSSR count). The quantitative estimate of drug-likeness (QED) is 0.599. The molecule has 0 aliphatic rings. The van der Waals surface area contributed by atoms with Crippen molar-refractivity contribution in [3.63, 3.8) is 0 Å². The number of amides is 1. The summed E-state index contributed by atoms with van der Waals surface area (Å²) >= 11 is 0. The third-order valence-corrected chi connectivity index (χ3v) is 3.22. The first-order valence-electron chi connectivity index (χ1n) is 8.20. The third kappa shape index (κ3) is 7.48. The van der Waals surface area contributed by atoms with Gasteiger partial charge in [0, 0.05) is 6.20 Å². The first-order chi connectivity index (χ1) is 13.8. The number of carboxylic acids is 1. The highest BCUT2D eigenvalue weighted by Gasteiger charge is 2.38. The van der Waals surface area contributed by atoms with E-state index in [0.717, 1.165) is 5.52 Å². The average Bonchev–Trinajstić information content (AvgIpc) is 3.08. The van der Waals surface area contributed by atoms with Crippen molar-refractivity contribution < 1.29 is 37.0 Å². The van der Waals surface area contributed by atoms with Crippen LogP contribution in [0.25, 0.3) is 11.1 Å². The van der Waals surface area contributed by atoms with E-state index in [9.17, 15) is 18.0 Å². The van der Waals surface area contributed by atoms with E-state index >= 15 is 0 Å². The Balaban J connectivity index is 0.000000370. The molecule has 0 fully saturated rings. The number of pyridine rings is 1. The summed E-state index contributed by atoms with van der Waals surface area (Å²) in [6, 6.07) is 11.0. The molecule has 2 aromatic heterocycles. The molecule has 1 aromatic carbocycles. The Kier molecular flexibility index (Phi) is 7.52. The van der Waals surface area contributed by atoms with Crippen LogP contribution in [0.1, 0.15) is 5.89 Å². The maximum Gasteiger partial charge on any atom is 0.490 e. The number of rotatable bonds is 6. The molecule has 3 aromatic rings. The van der Waals surface area contributed by atoms with Crippen molar-refractivity contribution >= 4 is 23.0 Å². The number of carbonyl (C=O) groups excluding carboxylic acids is 1. The summed E-state index contributed by atoms with van der Waals surface area (Å²) in [6.45, 7) is 0.791. The first kappa shape index (κ1) is 21.7. The number of carboxylic acid groups (broad SMARTS) is 1. The number of nitrogens with zero attached hydrogens (tertiary/aromatic N) is 2. The molecule has 2 N–H and O–H groups in total. The van der Waals surface area contributed by atoms with Crippen molar-refractivity contribution in [2.24, 2.45) is 0 Å². The van der Waals surface area contributed by atoms with Gasteiger partial charge in [-0.15, -0.1) is 0 Å². The number of hydrogen-bond acceptors (Lipinski definition) is 6. The molecule has 8 nitrogen and oxygen atoms in total. The second kappa shape index (κ2) is 10.1. The number of aliphatic carboxylic acids is 1. The molecule has 0 radical (unpaired) electrons. The summed E-state index contributed by atoms with van der Waals surface area (Å²) in [7, 11) is 0. The normalized spacial score (nSPS) is 10.7. The van der Waals surface area contributed by atoms with Crippen LogP contribution in [-0.2, 0) is 16.0 Å². The van der Waals surface area contributed by atoms with Crippen LogP contribution >= 0.6 is 0 Å². The number of aromatic nitrogens is 2. The number of ether oxygens (including phenoxy) is 1. The van der Waals surface area contributed by atoms with Crippen LogP contribution in [0.2, 0.25) is 0 Å². The van der Waals surface area contributed by atoms with E-state index in [-0.39, 0.29) is 12.3 Å². The Labute approximate surface area is 162 Å². The molecule has 0 spiro atoms. The van der Waals surface area contributed by atoms with Crippen LogP contribution < -0.4 is 10.1 Å². The Morgan fingerprint density at radius 1 is 1.17 bits per heavy atom. The molecular formula is C18H16F3N3O5. The van der Waals surface area contributed by atoms with Gasteiger partial charge in [0.2, 0.25) is 11.8 Å². The fourth-order valence-electron chi connectivity index (χ4n) is 1.99. The van der Waals surface area contributed by atoms with Crippen molar-refractivity contribution in [1.29, 1.82) is 0 Å². The van der Waals surface area contributed by atoms with Crippen molar-refractivity contribution in [2.45, 2.75) is 12.6 Å². The maximum atomic E-state index is 11.8. The number of oxazole rings is 1. The highest BCUT2D eigenvalue weighted by molar-refractivity contribution is 5.79. The number of nitrogens with one attached hydrogen (secondary N) is 1. The van der Waals surface area contributed by atoms with Crippen molar-refractivity contribution in [3.8, 4) is 5.75 Å². The molecule has 11 heteroatoms. The number of benzene rings is 1. The van der Waals surface area contributed by atoms with Gasteiger partial charge >= 0.3 is 12.1 Å². The number of alkyl halides is 3. The molecule has 0 bridgehead atoms. The second-order valence-electron chi connectivity index (χ2n) is 5.44. The van der Waals surface area contributed by atoms with Crippen LogP contribution in [0, 0.1) is 0 Å². The fraction of sp³-hybridized carbons (Fsp3) is 0.222. The van der Waals surface area contributed by atoms with E-state index in [2.05, 4.69) is 15.3 Å². The van der Waals surface area contributed by atoms with Crippen LogP contribution in [0.3, 0.4) is 0 Å². The van der Waals surface area contributed by atoms with Crippen molar-refractivity contribution in [1.82, 2.24) is 15.3 Å². The number of para-hydroxylation sites is 2. The van der Waals surface area contributed by atoms with Gasteiger partial charge in [-0.3, -0.25) is 9.78 Å². The van der Waals surface area contributed by atoms with Crippen LogP contribution in [0.15, 0.2) is 53.2 Å². The second-order valence-corrected chi connectivity index (χ2v) is 5.44. The Morgan fingerprint density at radius 2 is 1.90 bits per heavy atom. The van der Waals surface area contributed by atoms with Gasteiger partial charge in [-0.1, -0.05) is 12.1 Å². The highest BCUT2D eigenvalue weighted by Crippen LogP contribution is 2.15. The molecular weight excluding hydrogens is 395 g/mol. The predicted octanol–water partition coefficient (Wildman–Crippen LogP) is 2.59. The Morgan fingerprint density at radius 3 is 2.52 bits per heavy atom. The van der Waals surface area contributed by atoms with Crippen molar-refractivity contribution in [3.05, 3.63) is 54.7 Å². The molecule has 154 valence electrons. The van der Waals surface area contributed by atoms with E-state index in [1.165, 1.54) is 0 Å². The SMILES string of the molecule is O=C(Cc1nc2ccccc2o1)NCCOc1cccnc1.O=C(O)C(F)(F)F. The summed E-state index contributed by atoms with van der Waals surface area (Å²) in [5, 5.41) is 9.89. The fourth-order valence-corrected chi connectivity index (χ4v) is 1.99. The Bertz CT molecular complexity index is 912. The summed E-state index contributed by atoms with van der Waals surface area (Å²) in [6.07, 6.45) is -1.67. The summed E-state index contributed by atoms with van der Waals surface area (Å²) in [4.78, 5) is 28.9. The van der Waals surface area contributed by atoms with Crippen LogP contribution in [-0.4, -0.2) is 46.3 Å². The largest absolute Gasteiger partial charge is 0.490 e. The van der Waals surface area contributed by atoms with Gasteiger partial charge in [0.05, 0.1) is 12.7 Å². The number of hydrogen-bond donors (Lipinski definition) is 2. The van der Waals surface area contributed by atoms with E-state index in [0.29, 0.717) is 30.4 Å². The van der Waals surface area contributed by atoms with E-state index in [1.54, 1.807) is 18.5 Å². The lowest BCUT2D eigenvalue weighted by Crippen LogP contribution is -2.29. The summed E-state index contributed by atoms with van der Waals surface area (Å²) < 4.78 is 42.7. The van der Waals surface area contributed by atoms with Crippen molar-refractivity contribution in [2.75, 3.05) is 13.2 Å². The summed E-state index contributed by atoms with van der Waals surface area (Å²) in [5.41, 5.74) is 1.44. The molecule has 2 heterocycles. The highest BCUT2D eigenvalue weighted by atomic mass is 19.4. The smallest absolute Gasteiger partial charge is 0.490 e. The maximum absolute atomic E-state index is 11.8. The van der Waals surface area contributed by atoms with Crippen LogP contribution in [0.4, 0.5) is 13.2 Å². The minimum Gasteiger partial charge on any atom is -0.490 e. The van der Waals surface area contributed by atoms with Gasteiger partial charge in [0.25, 0.3) is 0 Å². The molecule has 0 aliphatic carbocycles. The number of halogens is 3. The molecule has 29 heavy (non-hydrogen) atoms. The minimum absolute atomic E-state index is 0.113. The molecule has 0 aliphatic heterocycles. The zero-order valence-corrected chi connectivity index (χ0v) is 14.8. The lowest BCUT2D eigenvalue weighted by atomic mass is 10.3. The molecule has 0 saturated carbocycles. The molecule has 0 unspecified atom stereocenters. The monoisotopic (exact) mass is 411 g/mol. The standard InChI is InChI=1S/C16H15N3O3.C2HF3O2/c20-15(18-8-9-21-12-4-3-7-17-11-12)10-16-19-13-5-1-2-6-14(13)22-16;3-2(4,5)1(6)7/h1-7,11H,8-10H2,(H,18,20);(H,6,7). The van der Waals surface area contributed by atoms with E-state index in [4.69, 9.17) is 19.1 Å². The zero-order valence-electron chi connectivity index (χ0n) is 14.8. The molecule has 0 saturated heterocycles. The zero-order chi connectivity index (χ0) is 21.3. The van der Waals surface area contributed by atoms with Gasteiger partial charge in [-0.2, -0.15) is 13.2 Å². The van der Waals surface area contributed by atoms with E-state index < -0.39 is 12.1 Å².